The van der Waals surface area contributed by atoms with Crippen molar-refractivity contribution in [2.24, 2.45) is 0 Å². The average molecular weight is 380 g/mol. The van der Waals surface area contributed by atoms with E-state index >= 15 is 0 Å². The van der Waals surface area contributed by atoms with Crippen molar-refractivity contribution in [3.63, 3.8) is 0 Å². The highest BCUT2D eigenvalue weighted by molar-refractivity contribution is 6.07. The Labute approximate surface area is 158 Å². The van der Waals surface area contributed by atoms with Crippen LogP contribution >= 0.6 is 0 Å². The Bertz CT molecular complexity index is 1130. The first kappa shape index (κ1) is 18.9. The fourth-order valence-electron chi connectivity index (χ4n) is 2.99. The van der Waals surface area contributed by atoms with E-state index in [1.807, 2.05) is 0 Å². The standard InChI is InChI=1S/C20H16N2O6/c21-17-15(19(25)26)14(16(20(27)28)18(24)22-17)13-3-1-2-12(8-13)11-6-4-10(9-23)5-7-11/h1-8,23H,9H2,(H,25,26)(H,27,28)(H3,21,22,24). The minimum Gasteiger partial charge on any atom is -0.478 e. The van der Waals surface area contributed by atoms with Crippen molar-refractivity contribution in [3.05, 3.63) is 75.6 Å². The van der Waals surface area contributed by atoms with Crippen LogP contribution in [0.3, 0.4) is 0 Å². The lowest BCUT2D eigenvalue weighted by molar-refractivity contribution is 0.0695. The summed E-state index contributed by atoms with van der Waals surface area (Å²) in [5.74, 6) is -3.43. The van der Waals surface area contributed by atoms with Crippen molar-refractivity contribution in [2.45, 2.75) is 6.61 Å². The molecular weight excluding hydrogens is 364 g/mol. The maximum absolute atomic E-state index is 12.1. The molecule has 28 heavy (non-hydrogen) atoms. The van der Waals surface area contributed by atoms with Gasteiger partial charge in [0.05, 0.1) is 6.61 Å². The highest BCUT2D eigenvalue weighted by Crippen LogP contribution is 2.32. The number of aliphatic hydroxyl groups is 1. The Morgan fingerprint density at radius 3 is 2.07 bits per heavy atom. The van der Waals surface area contributed by atoms with E-state index in [1.54, 1.807) is 42.5 Å². The minimum atomic E-state index is -1.56. The third-order valence-electron chi connectivity index (χ3n) is 4.29. The fraction of sp³-hybridized carbons (Fsp3) is 0.0500. The Morgan fingerprint density at radius 1 is 0.893 bits per heavy atom. The summed E-state index contributed by atoms with van der Waals surface area (Å²) in [6.07, 6.45) is 0. The first-order chi connectivity index (χ1) is 13.3. The predicted octanol–water partition coefficient (Wildman–Crippen LogP) is 2.18. The highest BCUT2D eigenvalue weighted by atomic mass is 16.4. The molecular formula is C20H16N2O6. The number of nitrogen functional groups attached to an aromatic ring is 1. The number of benzene rings is 2. The monoisotopic (exact) mass is 380 g/mol. The lowest BCUT2D eigenvalue weighted by Gasteiger charge is -2.13. The number of hydrogen-bond acceptors (Lipinski definition) is 5. The third-order valence-corrected chi connectivity index (χ3v) is 4.29. The van der Waals surface area contributed by atoms with Crippen LogP contribution < -0.4 is 11.3 Å². The van der Waals surface area contributed by atoms with Crippen molar-refractivity contribution in [3.8, 4) is 22.3 Å². The number of aromatic carboxylic acids is 2. The van der Waals surface area contributed by atoms with E-state index < -0.39 is 34.4 Å². The zero-order valence-electron chi connectivity index (χ0n) is 14.5. The normalized spacial score (nSPS) is 10.6. The van der Waals surface area contributed by atoms with Crippen LogP contribution in [0.15, 0.2) is 53.3 Å². The second kappa shape index (κ2) is 7.37. The van der Waals surface area contributed by atoms with Crippen molar-refractivity contribution in [1.29, 1.82) is 0 Å². The van der Waals surface area contributed by atoms with Gasteiger partial charge in [0, 0.05) is 5.56 Å². The number of nitrogens with two attached hydrogens (primary N) is 1. The third kappa shape index (κ3) is 3.36. The summed E-state index contributed by atoms with van der Waals surface area (Å²) in [4.78, 5) is 37.6. The maximum atomic E-state index is 12.1. The number of carboxylic acid groups (broad SMARTS) is 2. The van der Waals surface area contributed by atoms with Crippen molar-refractivity contribution in [1.82, 2.24) is 4.98 Å². The molecule has 0 spiro atoms. The number of aromatic amines is 1. The SMILES string of the molecule is Nc1[nH]c(=O)c(C(=O)O)c(-c2cccc(-c3ccc(CO)cc3)c2)c1C(=O)O. The van der Waals surface area contributed by atoms with Gasteiger partial charge in [-0.1, -0.05) is 42.5 Å². The molecule has 0 fully saturated rings. The number of nitrogens with one attached hydrogen (secondary N) is 1. The number of aliphatic hydroxyl groups excluding tert-OH is 1. The average Bonchev–Trinajstić information content (AvgIpc) is 2.66. The topological polar surface area (TPSA) is 154 Å². The number of carboxylic acids is 2. The number of pyridine rings is 1. The Balaban J connectivity index is 2.28. The Hall–Kier alpha value is -3.91. The van der Waals surface area contributed by atoms with E-state index in [9.17, 15) is 24.6 Å². The zero-order valence-corrected chi connectivity index (χ0v) is 14.5. The number of H-pyrrole nitrogens is 1. The first-order valence-corrected chi connectivity index (χ1v) is 8.16. The molecule has 0 bridgehead atoms. The van der Waals surface area contributed by atoms with Gasteiger partial charge in [0.2, 0.25) is 0 Å². The second-order valence-electron chi connectivity index (χ2n) is 6.04. The van der Waals surface area contributed by atoms with Gasteiger partial charge in [-0.3, -0.25) is 4.79 Å². The summed E-state index contributed by atoms with van der Waals surface area (Å²) in [5.41, 5.74) is 5.64. The number of hydrogen-bond donors (Lipinski definition) is 5. The van der Waals surface area contributed by atoms with Crippen molar-refractivity contribution >= 4 is 17.8 Å². The Kier molecular flexibility index (Phi) is 4.97. The molecule has 6 N–H and O–H groups in total. The quantitative estimate of drug-likeness (QED) is 0.454. The smallest absolute Gasteiger partial charge is 0.342 e. The van der Waals surface area contributed by atoms with Crippen LogP contribution in [-0.2, 0) is 6.61 Å². The molecule has 0 aliphatic carbocycles. The second-order valence-corrected chi connectivity index (χ2v) is 6.04. The molecule has 8 nitrogen and oxygen atoms in total. The van der Waals surface area contributed by atoms with Gasteiger partial charge in [-0.2, -0.15) is 0 Å². The molecule has 3 rings (SSSR count). The molecule has 0 saturated heterocycles. The van der Waals surface area contributed by atoms with E-state index in [2.05, 4.69) is 4.98 Å². The maximum Gasteiger partial charge on any atom is 0.342 e. The lowest BCUT2D eigenvalue weighted by atomic mass is 9.93. The van der Waals surface area contributed by atoms with Crippen LogP contribution in [0.25, 0.3) is 22.3 Å². The molecule has 2 aromatic carbocycles. The van der Waals surface area contributed by atoms with Crippen LogP contribution in [0.1, 0.15) is 26.3 Å². The van der Waals surface area contributed by atoms with Crippen LogP contribution in [-0.4, -0.2) is 32.2 Å². The van der Waals surface area contributed by atoms with Crippen molar-refractivity contribution in [2.75, 3.05) is 5.73 Å². The minimum absolute atomic E-state index is 0.101. The van der Waals surface area contributed by atoms with Gasteiger partial charge in [0.1, 0.15) is 16.9 Å². The summed E-state index contributed by atoms with van der Waals surface area (Å²) in [5, 5.41) is 28.2. The van der Waals surface area contributed by atoms with E-state index in [-0.39, 0.29) is 17.7 Å². The van der Waals surface area contributed by atoms with Crippen LogP contribution in [0.4, 0.5) is 5.82 Å². The van der Waals surface area contributed by atoms with Crippen LogP contribution in [0.2, 0.25) is 0 Å². The van der Waals surface area contributed by atoms with Gasteiger partial charge < -0.3 is 26.0 Å². The molecule has 0 aliphatic heterocycles. The molecule has 3 aromatic rings. The first-order valence-electron chi connectivity index (χ1n) is 8.16. The zero-order chi connectivity index (χ0) is 20.4. The molecule has 142 valence electrons. The highest BCUT2D eigenvalue weighted by Gasteiger charge is 2.26. The molecule has 0 atom stereocenters. The number of aromatic nitrogens is 1. The largest absolute Gasteiger partial charge is 0.478 e. The number of carbonyl (C=O) groups is 2. The number of rotatable bonds is 5. The summed E-state index contributed by atoms with van der Waals surface area (Å²) in [7, 11) is 0. The number of anilines is 1. The molecule has 0 amide bonds. The van der Waals surface area contributed by atoms with Gasteiger partial charge in [-0.25, -0.2) is 9.59 Å². The Morgan fingerprint density at radius 2 is 1.50 bits per heavy atom. The predicted molar refractivity (Wildman–Crippen MR) is 102 cm³/mol. The molecule has 1 heterocycles. The summed E-state index contributed by atoms with van der Waals surface area (Å²) >= 11 is 0. The fourth-order valence-corrected chi connectivity index (χ4v) is 2.99. The molecule has 0 aliphatic rings. The van der Waals surface area contributed by atoms with E-state index in [0.29, 0.717) is 5.56 Å². The van der Waals surface area contributed by atoms with Gasteiger partial charge in [0.25, 0.3) is 5.56 Å². The molecule has 8 heteroatoms. The molecule has 0 unspecified atom stereocenters. The van der Waals surface area contributed by atoms with Crippen LogP contribution in [0.5, 0.6) is 0 Å². The summed E-state index contributed by atoms with van der Waals surface area (Å²) in [6.45, 7) is -0.101. The summed E-state index contributed by atoms with van der Waals surface area (Å²) < 4.78 is 0. The van der Waals surface area contributed by atoms with E-state index in [0.717, 1.165) is 11.1 Å². The van der Waals surface area contributed by atoms with E-state index in [1.165, 1.54) is 6.07 Å². The van der Waals surface area contributed by atoms with Gasteiger partial charge in [-0.15, -0.1) is 0 Å². The van der Waals surface area contributed by atoms with Gasteiger partial charge in [-0.05, 0) is 28.3 Å². The lowest BCUT2D eigenvalue weighted by Crippen LogP contribution is -2.24. The molecule has 0 radical (unpaired) electrons. The molecule has 1 aromatic heterocycles. The molecule has 0 saturated carbocycles. The van der Waals surface area contributed by atoms with Gasteiger partial charge >= 0.3 is 11.9 Å². The van der Waals surface area contributed by atoms with Gasteiger partial charge in [0.15, 0.2) is 0 Å². The summed E-state index contributed by atoms with van der Waals surface area (Å²) in [6, 6.07) is 13.5. The van der Waals surface area contributed by atoms with Crippen molar-refractivity contribution < 1.29 is 24.9 Å². The van der Waals surface area contributed by atoms with E-state index in [4.69, 9.17) is 10.8 Å². The van der Waals surface area contributed by atoms with Crippen LogP contribution in [0, 0.1) is 0 Å².